The molecule has 0 amide bonds. The molecule has 2 aromatic carbocycles. The molecule has 0 saturated carbocycles. The Labute approximate surface area is 177 Å². The number of hydrogen-bond donors (Lipinski definition) is 1. The van der Waals surface area contributed by atoms with Crippen LogP contribution in [0.2, 0.25) is 5.02 Å². The topological polar surface area (TPSA) is 58.9 Å². The number of aromatic nitrogens is 5. The molecule has 0 spiro atoms. The van der Waals surface area contributed by atoms with Gasteiger partial charge in [-0.15, -0.1) is 0 Å². The van der Waals surface area contributed by atoms with E-state index in [0.29, 0.717) is 5.02 Å². The molecule has 0 aliphatic heterocycles. The molecular weight excluding hydrogens is 402 g/mol. The summed E-state index contributed by atoms with van der Waals surface area (Å²) < 4.78 is 1.92. The van der Waals surface area contributed by atoms with Gasteiger partial charge in [-0.25, -0.2) is 14.5 Å². The van der Waals surface area contributed by atoms with Crippen LogP contribution >= 0.6 is 23.4 Å². The lowest BCUT2D eigenvalue weighted by Gasteiger charge is -2.13. The fourth-order valence-corrected chi connectivity index (χ4v) is 4.50. The minimum atomic E-state index is 0.0478. The summed E-state index contributed by atoms with van der Waals surface area (Å²) in [6, 6.07) is 18.0. The lowest BCUT2D eigenvalue weighted by molar-refractivity contribution is 0.800. The Bertz CT molecular complexity index is 1330. The average Bonchev–Trinajstić information content (AvgIpc) is 3.34. The van der Waals surface area contributed by atoms with Crippen molar-refractivity contribution in [3.63, 3.8) is 0 Å². The molecule has 0 saturated heterocycles. The summed E-state index contributed by atoms with van der Waals surface area (Å²) in [5, 5.41) is 7.27. The van der Waals surface area contributed by atoms with Gasteiger partial charge in [0.05, 0.1) is 27.7 Å². The Balaban J connectivity index is 1.53. The molecule has 5 nitrogen and oxygen atoms in total. The van der Waals surface area contributed by atoms with E-state index in [9.17, 15) is 0 Å². The molecule has 5 rings (SSSR count). The van der Waals surface area contributed by atoms with E-state index in [1.165, 1.54) is 0 Å². The second-order valence-electron chi connectivity index (χ2n) is 6.93. The van der Waals surface area contributed by atoms with Crippen LogP contribution in [-0.2, 0) is 0 Å². The molecule has 0 aliphatic carbocycles. The van der Waals surface area contributed by atoms with Gasteiger partial charge in [-0.05, 0) is 38.1 Å². The summed E-state index contributed by atoms with van der Waals surface area (Å²) in [6.45, 7) is 4.11. The highest BCUT2D eigenvalue weighted by Crippen LogP contribution is 2.35. The molecule has 0 fully saturated rings. The summed E-state index contributed by atoms with van der Waals surface area (Å²) in [6.07, 6.45) is 1.94. The van der Waals surface area contributed by atoms with Crippen molar-refractivity contribution in [2.75, 3.05) is 0 Å². The van der Waals surface area contributed by atoms with E-state index in [1.54, 1.807) is 11.8 Å². The maximum absolute atomic E-state index is 6.21. The molecule has 0 bridgehead atoms. The van der Waals surface area contributed by atoms with Crippen LogP contribution in [0.1, 0.15) is 23.7 Å². The predicted molar refractivity (Wildman–Crippen MR) is 119 cm³/mol. The van der Waals surface area contributed by atoms with Crippen LogP contribution in [0.25, 0.3) is 27.7 Å². The molecule has 5 aromatic rings. The molecule has 0 radical (unpaired) electrons. The van der Waals surface area contributed by atoms with E-state index < -0.39 is 0 Å². The van der Waals surface area contributed by atoms with Crippen molar-refractivity contribution in [1.82, 2.24) is 24.6 Å². The Morgan fingerprint density at radius 1 is 1.07 bits per heavy atom. The highest BCUT2D eigenvalue weighted by molar-refractivity contribution is 7.99. The minimum absolute atomic E-state index is 0.0478. The zero-order valence-corrected chi connectivity index (χ0v) is 17.5. The summed E-state index contributed by atoms with van der Waals surface area (Å²) in [5.41, 5.74) is 4.90. The lowest BCUT2D eigenvalue weighted by atomic mass is 10.2. The van der Waals surface area contributed by atoms with E-state index in [1.807, 2.05) is 54.0 Å². The molecule has 0 aliphatic rings. The first-order valence-electron chi connectivity index (χ1n) is 9.31. The Hall–Kier alpha value is -2.83. The third-order valence-corrected chi connectivity index (χ3v) is 6.03. The molecule has 1 atom stereocenters. The van der Waals surface area contributed by atoms with Crippen molar-refractivity contribution < 1.29 is 0 Å². The fraction of sp³-hybridized carbons (Fsp3) is 0.136. The number of fused-ring (bicyclic) bond motifs is 3. The molecule has 144 valence electrons. The zero-order valence-electron chi connectivity index (χ0n) is 15.9. The Morgan fingerprint density at radius 2 is 1.90 bits per heavy atom. The van der Waals surface area contributed by atoms with Gasteiger partial charge in [0.25, 0.3) is 0 Å². The maximum atomic E-state index is 6.21. The lowest BCUT2D eigenvalue weighted by Crippen LogP contribution is -2.05. The number of imidazole rings is 1. The van der Waals surface area contributed by atoms with Crippen LogP contribution in [0.3, 0.4) is 0 Å². The van der Waals surface area contributed by atoms with Gasteiger partial charge in [0.2, 0.25) is 0 Å². The van der Waals surface area contributed by atoms with Gasteiger partial charge >= 0.3 is 0 Å². The summed E-state index contributed by atoms with van der Waals surface area (Å²) in [4.78, 5) is 12.9. The van der Waals surface area contributed by atoms with E-state index in [0.717, 1.165) is 44.4 Å². The summed E-state index contributed by atoms with van der Waals surface area (Å²) in [5.74, 6) is 0.880. The number of hydrogen-bond acceptors (Lipinski definition) is 4. The third-order valence-electron chi connectivity index (χ3n) is 4.79. The first-order valence-corrected chi connectivity index (χ1v) is 10.6. The average molecular weight is 420 g/mol. The van der Waals surface area contributed by atoms with Crippen molar-refractivity contribution in [2.45, 2.75) is 24.3 Å². The highest BCUT2D eigenvalue weighted by Gasteiger charge is 2.19. The van der Waals surface area contributed by atoms with Crippen LogP contribution < -0.4 is 0 Å². The number of nitrogens with one attached hydrogen (secondary N) is 1. The van der Waals surface area contributed by atoms with E-state index >= 15 is 0 Å². The van der Waals surface area contributed by atoms with Crippen LogP contribution in [0.5, 0.6) is 0 Å². The van der Waals surface area contributed by atoms with E-state index in [4.69, 9.17) is 21.6 Å². The number of halogens is 1. The third kappa shape index (κ3) is 3.39. The van der Waals surface area contributed by atoms with Crippen molar-refractivity contribution in [2.24, 2.45) is 0 Å². The van der Waals surface area contributed by atoms with E-state index in [-0.39, 0.29) is 5.25 Å². The molecule has 3 aromatic heterocycles. The monoisotopic (exact) mass is 419 g/mol. The van der Waals surface area contributed by atoms with Gasteiger partial charge in [0.15, 0.2) is 5.16 Å². The molecule has 3 heterocycles. The molecule has 7 heteroatoms. The highest BCUT2D eigenvalue weighted by atomic mass is 35.5. The summed E-state index contributed by atoms with van der Waals surface area (Å²) in [7, 11) is 0. The van der Waals surface area contributed by atoms with Gasteiger partial charge in [0.1, 0.15) is 5.82 Å². The maximum Gasteiger partial charge on any atom is 0.166 e. The molecule has 1 N–H and O–H groups in total. The number of benzene rings is 2. The van der Waals surface area contributed by atoms with Gasteiger partial charge in [-0.2, -0.15) is 5.10 Å². The first-order chi connectivity index (χ1) is 14.1. The molecule has 1 unspecified atom stereocenters. The van der Waals surface area contributed by atoms with Crippen molar-refractivity contribution in [1.29, 1.82) is 0 Å². The standard InChI is InChI=1S/C22H18ClN5S/c1-13-10-20-17-11-16(23)8-9-18(17)25-21(28(20)27-13)14(2)29-22-24-12-19(26-22)15-6-4-3-5-7-15/h3-12,14H,1-2H3,(H,24,26). The van der Waals surface area contributed by atoms with Crippen LogP contribution in [0.15, 0.2) is 66.0 Å². The SMILES string of the molecule is Cc1cc2c3cc(Cl)ccc3nc(C(C)Sc3nc(-c4ccccc4)c[nH]3)n2n1. The zero-order chi connectivity index (χ0) is 20.0. The number of H-pyrrole nitrogens is 1. The van der Waals surface area contributed by atoms with Crippen LogP contribution in [0.4, 0.5) is 0 Å². The fourth-order valence-electron chi connectivity index (χ4n) is 3.45. The second kappa shape index (κ2) is 7.21. The minimum Gasteiger partial charge on any atom is -0.339 e. The normalized spacial score (nSPS) is 12.7. The van der Waals surface area contributed by atoms with Gasteiger partial charge in [0, 0.05) is 22.2 Å². The number of aryl methyl sites for hydroxylation is 1. The van der Waals surface area contributed by atoms with Gasteiger partial charge in [-0.3, -0.25) is 0 Å². The summed E-state index contributed by atoms with van der Waals surface area (Å²) >= 11 is 7.85. The molecule has 29 heavy (non-hydrogen) atoms. The first kappa shape index (κ1) is 18.2. The largest absolute Gasteiger partial charge is 0.339 e. The second-order valence-corrected chi connectivity index (χ2v) is 8.70. The Morgan fingerprint density at radius 3 is 2.72 bits per heavy atom. The number of rotatable bonds is 4. The van der Waals surface area contributed by atoms with Crippen molar-refractivity contribution in [3.05, 3.63) is 77.3 Å². The number of thioether (sulfide) groups is 1. The number of aromatic amines is 1. The molecular formula is C22H18ClN5S. The van der Waals surface area contributed by atoms with Gasteiger partial charge < -0.3 is 4.98 Å². The van der Waals surface area contributed by atoms with Crippen molar-refractivity contribution in [3.8, 4) is 11.3 Å². The van der Waals surface area contributed by atoms with Crippen LogP contribution in [0, 0.1) is 6.92 Å². The Kier molecular flexibility index (Phi) is 4.53. The van der Waals surface area contributed by atoms with Crippen molar-refractivity contribution >= 4 is 39.8 Å². The quantitative estimate of drug-likeness (QED) is 0.358. The van der Waals surface area contributed by atoms with E-state index in [2.05, 4.69) is 35.2 Å². The predicted octanol–water partition coefficient (Wildman–Crippen LogP) is 6.09. The number of nitrogens with zero attached hydrogens (tertiary/aromatic N) is 4. The van der Waals surface area contributed by atoms with Gasteiger partial charge in [-0.1, -0.05) is 53.7 Å². The smallest absolute Gasteiger partial charge is 0.166 e. The van der Waals surface area contributed by atoms with Crippen LogP contribution in [-0.4, -0.2) is 24.6 Å².